The first-order valence-electron chi connectivity index (χ1n) is 5.73. The van der Waals surface area contributed by atoms with Crippen molar-refractivity contribution in [2.75, 3.05) is 6.54 Å². The minimum Gasteiger partial charge on any atom is -0.308 e. The van der Waals surface area contributed by atoms with Crippen LogP contribution in [0.3, 0.4) is 0 Å². The Morgan fingerprint density at radius 1 is 1.28 bits per heavy atom. The minimum absolute atomic E-state index is 0.156. The third-order valence-electron chi connectivity index (χ3n) is 2.61. The molecule has 1 atom stereocenters. The van der Waals surface area contributed by atoms with E-state index in [1.165, 1.54) is 12.1 Å². The lowest BCUT2D eigenvalue weighted by Gasteiger charge is -2.11. The van der Waals surface area contributed by atoms with Gasteiger partial charge in [-0.1, -0.05) is 0 Å². The van der Waals surface area contributed by atoms with Gasteiger partial charge in [0, 0.05) is 17.6 Å². The molecule has 1 unspecified atom stereocenters. The molecule has 0 bridgehead atoms. The summed E-state index contributed by atoms with van der Waals surface area (Å²) in [5.41, 5.74) is 0.659. The molecule has 0 amide bonds. The van der Waals surface area contributed by atoms with Gasteiger partial charge < -0.3 is 5.32 Å². The lowest BCUT2D eigenvalue weighted by molar-refractivity contribution is 0.562. The summed E-state index contributed by atoms with van der Waals surface area (Å²) in [7, 11) is 0. The minimum atomic E-state index is -0.530. The smallest absolute Gasteiger partial charge is 0.126 e. The Morgan fingerprint density at radius 3 is 2.61 bits per heavy atom. The highest BCUT2D eigenvalue weighted by atomic mass is 32.1. The molecule has 1 aromatic heterocycles. The molecular weight excluding hydrogens is 254 g/mol. The Kier molecular flexibility index (Phi) is 4.38. The standard InChI is InChI=1S/C13H14F2N2S/c1-9(13-17-4-5-18-13)16-3-2-10-6-11(14)8-12(15)7-10/h4-9,16H,2-3H2,1H3. The summed E-state index contributed by atoms with van der Waals surface area (Å²) < 4.78 is 25.9. The van der Waals surface area contributed by atoms with E-state index in [2.05, 4.69) is 10.3 Å². The van der Waals surface area contributed by atoms with E-state index >= 15 is 0 Å². The number of aromatic nitrogens is 1. The molecular formula is C13H14F2N2S. The Hall–Kier alpha value is -1.33. The van der Waals surface area contributed by atoms with Crippen LogP contribution in [0.15, 0.2) is 29.8 Å². The van der Waals surface area contributed by atoms with Gasteiger partial charge in [-0.2, -0.15) is 0 Å². The molecule has 18 heavy (non-hydrogen) atoms. The van der Waals surface area contributed by atoms with Crippen molar-refractivity contribution in [1.82, 2.24) is 10.3 Å². The molecule has 0 aliphatic heterocycles. The molecule has 2 rings (SSSR count). The van der Waals surface area contributed by atoms with Crippen molar-refractivity contribution < 1.29 is 8.78 Å². The summed E-state index contributed by atoms with van der Waals surface area (Å²) in [6, 6.07) is 3.76. The second kappa shape index (κ2) is 6.02. The van der Waals surface area contributed by atoms with Crippen molar-refractivity contribution in [3.63, 3.8) is 0 Å². The van der Waals surface area contributed by atoms with Gasteiger partial charge in [0.25, 0.3) is 0 Å². The predicted molar refractivity (Wildman–Crippen MR) is 68.6 cm³/mol. The lowest BCUT2D eigenvalue weighted by atomic mass is 10.1. The van der Waals surface area contributed by atoms with Gasteiger partial charge in [0.15, 0.2) is 0 Å². The van der Waals surface area contributed by atoms with E-state index in [4.69, 9.17) is 0 Å². The molecule has 5 heteroatoms. The quantitative estimate of drug-likeness (QED) is 0.900. The van der Waals surface area contributed by atoms with Gasteiger partial charge in [0.1, 0.15) is 16.6 Å². The summed E-state index contributed by atoms with van der Waals surface area (Å²) in [4.78, 5) is 4.21. The molecule has 0 saturated heterocycles. The first-order chi connectivity index (χ1) is 8.65. The molecule has 1 aromatic carbocycles. The molecule has 1 N–H and O–H groups in total. The Bertz CT molecular complexity index is 479. The first kappa shape index (κ1) is 13.1. The summed E-state index contributed by atoms with van der Waals surface area (Å²) in [5, 5.41) is 6.22. The van der Waals surface area contributed by atoms with Gasteiger partial charge in [0.2, 0.25) is 0 Å². The zero-order valence-electron chi connectivity index (χ0n) is 9.99. The van der Waals surface area contributed by atoms with Crippen LogP contribution in [0.1, 0.15) is 23.5 Å². The molecule has 0 radical (unpaired) electrons. The largest absolute Gasteiger partial charge is 0.308 e. The number of thiazole rings is 1. The number of hydrogen-bond acceptors (Lipinski definition) is 3. The van der Waals surface area contributed by atoms with Gasteiger partial charge >= 0.3 is 0 Å². The van der Waals surface area contributed by atoms with E-state index in [0.29, 0.717) is 18.5 Å². The molecule has 0 fully saturated rings. The molecule has 0 aliphatic carbocycles. The maximum Gasteiger partial charge on any atom is 0.126 e. The number of nitrogens with one attached hydrogen (secondary N) is 1. The second-order valence-electron chi connectivity index (χ2n) is 4.07. The highest BCUT2D eigenvalue weighted by Crippen LogP contribution is 2.14. The van der Waals surface area contributed by atoms with E-state index in [1.54, 1.807) is 17.5 Å². The van der Waals surface area contributed by atoms with Gasteiger partial charge in [-0.15, -0.1) is 11.3 Å². The van der Waals surface area contributed by atoms with Crippen LogP contribution in [0.5, 0.6) is 0 Å². The fourth-order valence-electron chi connectivity index (χ4n) is 1.72. The third kappa shape index (κ3) is 3.58. The van der Waals surface area contributed by atoms with Crippen LogP contribution in [0, 0.1) is 11.6 Å². The number of halogens is 2. The van der Waals surface area contributed by atoms with Crippen LogP contribution in [-0.4, -0.2) is 11.5 Å². The molecule has 2 nitrogen and oxygen atoms in total. The number of rotatable bonds is 5. The highest BCUT2D eigenvalue weighted by molar-refractivity contribution is 7.09. The van der Waals surface area contributed by atoms with E-state index < -0.39 is 11.6 Å². The van der Waals surface area contributed by atoms with Crippen LogP contribution < -0.4 is 5.32 Å². The molecule has 2 aromatic rings. The van der Waals surface area contributed by atoms with Crippen LogP contribution in [0.2, 0.25) is 0 Å². The number of hydrogen-bond donors (Lipinski definition) is 1. The van der Waals surface area contributed by atoms with Crippen LogP contribution >= 0.6 is 11.3 Å². The average Bonchev–Trinajstić information content (AvgIpc) is 2.80. The van der Waals surface area contributed by atoms with Crippen molar-refractivity contribution in [3.05, 3.63) is 52.0 Å². The first-order valence-corrected chi connectivity index (χ1v) is 6.61. The maximum atomic E-state index is 13.0. The molecule has 1 heterocycles. The molecule has 0 aliphatic rings. The van der Waals surface area contributed by atoms with Crippen molar-refractivity contribution in [3.8, 4) is 0 Å². The lowest BCUT2D eigenvalue weighted by Crippen LogP contribution is -2.21. The average molecular weight is 268 g/mol. The number of benzene rings is 1. The Balaban J connectivity index is 1.85. The van der Waals surface area contributed by atoms with Crippen LogP contribution in [-0.2, 0) is 6.42 Å². The summed E-state index contributed by atoms with van der Waals surface area (Å²) >= 11 is 1.59. The zero-order chi connectivity index (χ0) is 13.0. The molecule has 96 valence electrons. The summed E-state index contributed by atoms with van der Waals surface area (Å²) in [6.07, 6.45) is 2.35. The summed E-state index contributed by atoms with van der Waals surface area (Å²) in [6.45, 7) is 2.68. The van der Waals surface area contributed by atoms with Crippen LogP contribution in [0.25, 0.3) is 0 Å². The SMILES string of the molecule is CC(NCCc1cc(F)cc(F)c1)c1nccs1. The highest BCUT2D eigenvalue weighted by Gasteiger charge is 2.07. The van der Waals surface area contributed by atoms with Crippen molar-refractivity contribution in [1.29, 1.82) is 0 Å². The van der Waals surface area contributed by atoms with E-state index in [-0.39, 0.29) is 6.04 Å². The zero-order valence-corrected chi connectivity index (χ0v) is 10.8. The fraction of sp³-hybridized carbons (Fsp3) is 0.308. The van der Waals surface area contributed by atoms with E-state index in [9.17, 15) is 8.78 Å². The fourth-order valence-corrected chi connectivity index (χ4v) is 2.39. The maximum absolute atomic E-state index is 13.0. The van der Waals surface area contributed by atoms with Crippen molar-refractivity contribution in [2.45, 2.75) is 19.4 Å². The van der Waals surface area contributed by atoms with Gasteiger partial charge in [-0.25, -0.2) is 13.8 Å². The Labute approximate surface area is 109 Å². The van der Waals surface area contributed by atoms with Gasteiger partial charge in [-0.05, 0) is 37.6 Å². The summed E-state index contributed by atoms with van der Waals surface area (Å²) in [5.74, 6) is -1.06. The normalized spacial score (nSPS) is 12.6. The molecule has 0 spiro atoms. The Morgan fingerprint density at radius 2 is 2.00 bits per heavy atom. The van der Waals surface area contributed by atoms with Gasteiger partial charge in [0.05, 0.1) is 6.04 Å². The predicted octanol–water partition coefficient (Wildman–Crippen LogP) is 3.31. The molecule has 0 saturated carbocycles. The monoisotopic (exact) mass is 268 g/mol. The van der Waals surface area contributed by atoms with Crippen LogP contribution in [0.4, 0.5) is 8.78 Å². The van der Waals surface area contributed by atoms with Crippen molar-refractivity contribution >= 4 is 11.3 Å². The van der Waals surface area contributed by atoms with Gasteiger partial charge in [-0.3, -0.25) is 0 Å². The number of nitrogens with zero attached hydrogens (tertiary/aromatic N) is 1. The van der Waals surface area contributed by atoms with E-state index in [0.717, 1.165) is 11.1 Å². The van der Waals surface area contributed by atoms with E-state index in [1.807, 2.05) is 12.3 Å². The van der Waals surface area contributed by atoms with Crippen molar-refractivity contribution in [2.24, 2.45) is 0 Å². The second-order valence-corrected chi connectivity index (χ2v) is 5.00. The third-order valence-corrected chi connectivity index (χ3v) is 3.57. The topological polar surface area (TPSA) is 24.9 Å².